The normalized spacial score (nSPS) is 11.4. The Labute approximate surface area is 127 Å². The van der Waals surface area contributed by atoms with E-state index in [9.17, 15) is 13.0 Å². The summed E-state index contributed by atoms with van der Waals surface area (Å²) in [7, 11) is 0. The van der Waals surface area contributed by atoms with Crippen molar-refractivity contribution in [3.63, 3.8) is 0 Å². The summed E-state index contributed by atoms with van der Waals surface area (Å²) in [6, 6.07) is 20.2. The van der Waals surface area contributed by atoms with Gasteiger partial charge in [0, 0.05) is 0 Å². The highest BCUT2D eigenvalue weighted by atomic mass is 19.2. The van der Waals surface area contributed by atoms with Crippen molar-refractivity contribution in [3.05, 3.63) is 84.7 Å². The van der Waals surface area contributed by atoms with E-state index in [1.54, 1.807) is 12.1 Å². The van der Waals surface area contributed by atoms with Crippen molar-refractivity contribution in [2.24, 2.45) is 0 Å². The van der Waals surface area contributed by atoms with Gasteiger partial charge in [0.1, 0.15) is 5.82 Å². The Kier molecular flexibility index (Phi) is 3.76. The number of hydrogen-bond acceptors (Lipinski definition) is 0. The number of halogens is 3. The lowest BCUT2D eigenvalue weighted by molar-refractivity contribution is 0.627. The van der Waals surface area contributed by atoms with Gasteiger partial charge in [0.25, 0.3) is 0 Å². The van der Waals surface area contributed by atoms with Crippen LogP contribution < -0.4 is 10.9 Å². The second-order valence-electron chi connectivity index (χ2n) is 5.20. The van der Waals surface area contributed by atoms with E-state index < -0.39 is 12.5 Å². The fourth-order valence-electron chi connectivity index (χ4n) is 2.44. The van der Waals surface area contributed by atoms with Crippen LogP contribution in [0.1, 0.15) is 0 Å². The van der Waals surface area contributed by atoms with Crippen LogP contribution in [0.3, 0.4) is 0 Å². The number of hydrogen-bond donors (Lipinski definition) is 0. The number of rotatable bonds is 3. The summed E-state index contributed by atoms with van der Waals surface area (Å²) in [5.41, 5.74) is 1.65. The van der Waals surface area contributed by atoms with Gasteiger partial charge in [0.05, 0.1) is 0 Å². The maximum Gasteiger partial charge on any atom is 0.361 e. The Balaban J connectivity index is 1.93. The quantitative estimate of drug-likeness (QED) is 0.641. The predicted octanol–water partition coefficient (Wildman–Crippen LogP) is 3.99. The fraction of sp³-hybridized carbons (Fsp3) is 0. The fourth-order valence-corrected chi connectivity index (χ4v) is 2.44. The summed E-state index contributed by atoms with van der Waals surface area (Å²) in [4.78, 5) is 0. The minimum atomic E-state index is -3.88. The molecule has 0 saturated carbocycles. The van der Waals surface area contributed by atoms with E-state index in [4.69, 9.17) is 0 Å². The Hall–Kier alpha value is -2.49. The summed E-state index contributed by atoms with van der Waals surface area (Å²) >= 11 is 0. The van der Waals surface area contributed by atoms with E-state index in [2.05, 4.69) is 0 Å². The molecule has 0 N–H and O–H groups in total. The standard InChI is InChI=1S/C18H13BF3/c20-18-12-10-17(11-13-18)19(21,22)16-8-6-15(7-9-16)14-4-2-1-3-5-14/h1-13H/q-1. The van der Waals surface area contributed by atoms with Gasteiger partial charge in [-0.15, -0.1) is 10.9 Å². The summed E-state index contributed by atoms with van der Waals surface area (Å²) in [5, 5.41) is 0. The van der Waals surface area contributed by atoms with Gasteiger partial charge in [0.15, 0.2) is 0 Å². The molecule has 4 heteroatoms. The molecule has 0 nitrogen and oxygen atoms in total. The number of benzene rings is 3. The second-order valence-corrected chi connectivity index (χ2v) is 5.20. The molecule has 0 heterocycles. The van der Waals surface area contributed by atoms with Crippen molar-refractivity contribution in [1.82, 2.24) is 0 Å². The molecule has 3 rings (SSSR count). The third-order valence-electron chi connectivity index (χ3n) is 3.73. The molecular formula is C18H13BF3-. The van der Waals surface area contributed by atoms with Crippen LogP contribution in [0.2, 0.25) is 0 Å². The first-order valence-electron chi connectivity index (χ1n) is 7.01. The molecule has 0 spiro atoms. The Bertz CT molecular complexity index is 751. The van der Waals surface area contributed by atoms with E-state index in [1.165, 1.54) is 12.1 Å². The summed E-state index contributed by atoms with van der Waals surface area (Å²) < 4.78 is 41.9. The Morgan fingerprint density at radius 3 is 1.55 bits per heavy atom. The smallest absolute Gasteiger partial charge is 0.361 e. The molecule has 0 amide bonds. The molecule has 0 aliphatic rings. The van der Waals surface area contributed by atoms with Crippen LogP contribution in [0.25, 0.3) is 11.1 Å². The topological polar surface area (TPSA) is 0 Å². The maximum atomic E-state index is 14.5. The van der Waals surface area contributed by atoms with Gasteiger partial charge in [-0.25, -0.2) is 4.39 Å². The van der Waals surface area contributed by atoms with Crippen LogP contribution in [0.5, 0.6) is 0 Å². The first-order valence-corrected chi connectivity index (χ1v) is 7.01. The molecule has 0 aromatic heterocycles. The lowest BCUT2D eigenvalue weighted by atomic mass is 9.53. The highest BCUT2D eigenvalue weighted by molar-refractivity contribution is 6.91. The van der Waals surface area contributed by atoms with Gasteiger partial charge in [0.2, 0.25) is 0 Å². The molecule has 0 bridgehead atoms. The first-order chi connectivity index (χ1) is 10.6. The molecule has 0 fully saturated rings. The molecule has 0 aliphatic carbocycles. The monoisotopic (exact) mass is 297 g/mol. The third kappa shape index (κ3) is 2.77. The van der Waals surface area contributed by atoms with Crippen LogP contribution in [0.4, 0.5) is 13.0 Å². The van der Waals surface area contributed by atoms with E-state index >= 15 is 0 Å². The summed E-state index contributed by atoms with van der Waals surface area (Å²) in [6.07, 6.45) is 0. The largest absolute Gasteiger partial charge is 0.469 e. The minimum absolute atomic E-state index is 0.0497. The molecule has 110 valence electrons. The third-order valence-corrected chi connectivity index (χ3v) is 3.73. The predicted molar refractivity (Wildman–Crippen MR) is 85.5 cm³/mol. The van der Waals surface area contributed by atoms with Gasteiger partial charge in [-0.1, -0.05) is 66.7 Å². The SMILES string of the molecule is Fc1ccc([B-](F)(F)c2ccc(-c3ccccc3)cc2)cc1. The van der Waals surface area contributed by atoms with Gasteiger partial charge in [-0.05, 0) is 23.3 Å². The Morgan fingerprint density at radius 2 is 1.00 bits per heavy atom. The molecular weight excluding hydrogens is 284 g/mol. The zero-order valence-electron chi connectivity index (χ0n) is 11.7. The highest BCUT2D eigenvalue weighted by Gasteiger charge is 2.27. The molecule has 0 saturated heterocycles. The minimum Gasteiger partial charge on any atom is -0.469 e. The molecule has 0 atom stereocenters. The first kappa shape index (κ1) is 14.5. The van der Waals surface area contributed by atoms with E-state index in [0.29, 0.717) is 0 Å². The van der Waals surface area contributed by atoms with E-state index in [0.717, 1.165) is 35.4 Å². The van der Waals surface area contributed by atoms with Gasteiger partial charge in [-0.3, -0.25) is 0 Å². The second kappa shape index (κ2) is 5.72. The van der Waals surface area contributed by atoms with Crippen LogP contribution in [-0.4, -0.2) is 6.70 Å². The molecule has 0 radical (unpaired) electrons. The average Bonchev–Trinajstić information content (AvgIpc) is 2.56. The van der Waals surface area contributed by atoms with E-state index in [-0.39, 0.29) is 10.9 Å². The van der Waals surface area contributed by atoms with Gasteiger partial charge < -0.3 is 8.63 Å². The highest BCUT2D eigenvalue weighted by Crippen LogP contribution is 2.19. The van der Waals surface area contributed by atoms with Gasteiger partial charge >= 0.3 is 6.70 Å². The molecule has 22 heavy (non-hydrogen) atoms. The molecule has 0 unspecified atom stereocenters. The van der Waals surface area contributed by atoms with Crippen LogP contribution in [-0.2, 0) is 0 Å². The lowest BCUT2D eigenvalue weighted by Crippen LogP contribution is -2.50. The molecule has 3 aromatic rings. The van der Waals surface area contributed by atoms with Crippen LogP contribution in [0, 0.1) is 5.82 Å². The molecule has 3 aromatic carbocycles. The maximum absolute atomic E-state index is 14.5. The van der Waals surface area contributed by atoms with Crippen LogP contribution in [0.15, 0.2) is 78.9 Å². The average molecular weight is 297 g/mol. The lowest BCUT2D eigenvalue weighted by Gasteiger charge is -2.26. The van der Waals surface area contributed by atoms with Crippen molar-refractivity contribution in [3.8, 4) is 11.1 Å². The van der Waals surface area contributed by atoms with Crippen LogP contribution >= 0.6 is 0 Å². The summed E-state index contributed by atoms with van der Waals surface area (Å²) in [5.74, 6) is -0.519. The van der Waals surface area contributed by atoms with Crippen molar-refractivity contribution >= 4 is 17.6 Å². The Morgan fingerprint density at radius 1 is 0.545 bits per heavy atom. The van der Waals surface area contributed by atoms with E-state index in [1.807, 2.05) is 30.3 Å². The van der Waals surface area contributed by atoms with Crippen molar-refractivity contribution < 1.29 is 13.0 Å². The zero-order valence-corrected chi connectivity index (χ0v) is 11.7. The zero-order chi connectivity index (χ0) is 15.6. The van der Waals surface area contributed by atoms with Crippen molar-refractivity contribution in [1.29, 1.82) is 0 Å². The van der Waals surface area contributed by atoms with Crippen molar-refractivity contribution in [2.75, 3.05) is 0 Å². The molecule has 0 aliphatic heterocycles. The summed E-state index contributed by atoms with van der Waals surface area (Å²) in [6.45, 7) is -3.88. The van der Waals surface area contributed by atoms with Crippen molar-refractivity contribution in [2.45, 2.75) is 0 Å². The van der Waals surface area contributed by atoms with Gasteiger partial charge in [-0.2, -0.15) is 0 Å².